The normalized spacial score (nSPS) is 4.50. The smallest absolute Gasteiger partial charge is 0.402 e. The summed E-state index contributed by atoms with van der Waals surface area (Å²) in [6.07, 6.45) is 0. The minimum Gasteiger partial charge on any atom is -0.402 e. The second kappa shape index (κ2) is 9.11. The van der Waals surface area contributed by atoms with Gasteiger partial charge in [0.1, 0.15) is 0 Å². The molecule has 0 radical (unpaired) electrons. The Labute approximate surface area is 49.4 Å². The zero-order valence-electron chi connectivity index (χ0n) is 3.42. The summed E-state index contributed by atoms with van der Waals surface area (Å²) >= 11 is 0. The summed E-state index contributed by atoms with van der Waals surface area (Å²) in [5, 5.41) is 21.5. The zero-order chi connectivity index (χ0) is 3.58. The predicted octanol–water partition coefficient (Wildman–Crippen LogP) is -4.97. The van der Waals surface area contributed by atoms with E-state index in [9.17, 15) is 0 Å². The van der Waals surface area contributed by atoms with Crippen molar-refractivity contribution in [3.8, 4) is 0 Å². The molecule has 0 aliphatic rings. The summed E-state index contributed by atoms with van der Waals surface area (Å²) in [6.45, 7) is 0. The van der Waals surface area contributed by atoms with Crippen LogP contribution in [0.2, 0.25) is 0 Å². The van der Waals surface area contributed by atoms with Gasteiger partial charge in [-0.05, 0) is 0 Å². The molecule has 0 heterocycles. The molecular formula is CH3BLiO3+5. The van der Waals surface area contributed by atoms with Crippen LogP contribution < -0.4 is 18.9 Å². The van der Waals surface area contributed by atoms with Crippen LogP contribution in [-0.4, -0.2) is 22.4 Å². The van der Waals surface area contributed by atoms with E-state index in [-0.39, 0.29) is 26.3 Å². The molecule has 0 bridgehead atoms. The largest absolute Gasteiger partial charge is 4.00 e. The van der Waals surface area contributed by atoms with E-state index < -0.39 is 7.32 Å². The Kier molecular flexibility index (Phi) is 24.3. The van der Waals surface area contributed by atoms with Crippen LogP contribution in [0.3, 0.4) is 0 Å². The van der Waals surface area contributed by atoms with Gasteiger partial charge in [0.25, 0.3) is 0 Å². The minimum absolute atomic E-state index is 0. The number of hydrogen-bond donors (Lipinski definition) is 3. The fourth-order valence-corrected chi connectivity index (χ4v) is 0. The van der Waals surface area contributed by atoms with Crippen molar-refractivity contribution in [3.05, 3.63) is 7.43 Å². The van der Waals surface area contributed by atoms with Crippen molar-refractivity contribution in [1.29, 1.82) is 0 Å². The molecule has 3 nitrogen and oxygen atoms in total. The Morgan fingerprint density at radius 3 is 1.00 bits per heavy atom. The monoisotopic (exact) mass is 81.0 g/mol. The summed E-state index contributed by atoms with van der Waals surface area (Å²) in [4.78, 5) is 0. The second-order valence-corrected chi connectivity index (χ2v) is 0.346. The maximum absolute atomic E-state index is 7.17. The Bertz CT molecular complexity index is 15.5. The quantitative estimate of drug-likeness (QED) is 0.256. The van der Waals surface area contributed by atoms with E-state index >= 15 is 0 Å². The van der Waals surface area contributed by atoms with Gasteiger partial charge in [-0.15, -0.1) is 0 Å². The maximum atomic E-state index is 7.17. The van der Waals surface area contributed by atoms with Gasteiger partial charge in [-0.3, -0.25) is 0 Å². The van der Waals surface area contributed by atoms with Crippen molar-refractivity contribution in [2.75, 3.05) is 0 Å². The second-order valence-electron chi connectivity index (χ2n) is 0.346. The predicted molar refractivity (Wildman–Crippen MR) is 15.7 cm³/mol. The van der Waals surface area contributed by atoms with Gasteiger partial charge in [0.05, 0.1) is 0 Å². The fourth-order valence-electron chi connectivity index (χ4n) is 0. The molecule has 0 fully saturated rings. The van der Waals surface area contributed by atoms with Crippen LogP contribution >= 0.6 is 0 Å². The first kappa shape index (κ1) is 16.0. The summed E-state index contributed by atoms with van der Waals surface area (Å²) in [6, 6.07) is 0. The Morgan fingerprint density at radius 1 is 1.00 bits per heavy atom. The third kappa shape index (κ3) is 194. The van der Waals surface area contributed by atoms with Crippen LogP contribution in [-0.2, 0) is 0 Å². The van der Waals surface area contributed by atoms with Crippen molar-refractivity contribution >= 4 is 7.32 Å². The molecule has 0 aromatic carbocycles. The molecule has 5 heteroatoms. The molecular weight excluding hydrogens is 77.8 g/mol. The van der Waals surface area contributed by atoms with E-state index in [0.717, 1.165) is 0 Å². The van der Waals surface area contributed by atoms with Gasteiger partial charge in [-0.25, -0.2) is 0 Å². The first-order valence-corrected chi connectivity index (χ1v) is 0.775. The molecule has 0 atom stereocenters. The van der Waals surface area contributed by atoms with Gasteiger partial charge >= 0.3 is 33.6 Å². The third-order valence-corrected chi connectivity index (χ3v) is 0. The van der Waals surface area contributed by atoms with Crippen molar-refractivity contribution in [1.82, 2.24) is 0 Å². The van der Waals surface area contributed by atoms with Gasteiger partial charge in [0.15, 0.2) is 0 Å². The van der Waals surface area contributed by atoms with Crippen LogP contribution in [0.4, 0.5) is 0 Å². The molecule has 0 aliphatic carbocycles. The SMILES string of the molecule is OB(O)O.[C+4].[Li+]. The number of hydrogen-bond acceptors (Lipinski definition) is 3. The molecule has 6 heavy (non-hydrogen) atoms. The van der Waals surface area contributed by atoms with Crippen LogP contribution in [0.5, 0.6) is 0 Å². The minimum atomic E-state index is -2.17. The molecule has 0 aliphatic heterocycles. The Hall–Kier alpha value is 0.542. The first-order valence-electron chi connectivity index (χ1n) is 0.775. The van der Waals surface area contributed by atoms with Gasteiger partial charge in [0.2, 0.25) is 0 Å². The summed E-state index contributed by atoms with van der Waals surface area (Å²) < 4.78 is 0. The van der Waals surface area contributed by atoms with E-state index in [4.69, 9.17) is 15.1 Å². The molecule has 0 aromatic heterocycles. The zero-order valence-corrected chi connectivity index (χ0v) is 3.42. The van der Waals surface area contributed by atoms with Gasteiger partial charge in [-0.2, -0.15) is 0 Å². The third-order valence-electron chi connectivity index (χ3n) is 0. The van der Waals surface area contributed by atoms with Crippen LogP contribution in [0.1, 0.15) is 0 Å². The van der Waals surface area contributed by atoms with E-state index in [1.807, 2.05) is 0 Å². The molecule has 0 rings (SSSR count). The first-order chi connectivity index (χ1) is 1.73. The van der Waals surface area contributed by atoms with Crippen LogP contribution in [0.25, 0.3) is 0 Å². The van der Waals surface area contributed by atoms with Crippen molar-refractivity contribution in [2.45, 2.75) is 0 Å². The van der Waals surface area contributed by atoms with Crippen molar-refractivity contribution < 1.29 is 33.9 Å². The summed E-state index contributed by atoms with van der Waals surface area (Å²) in [5.74, 6) is 0. The number of rotatable bonds is 0. The maximum Gasteiger partial charge on any atom is 4.00 e. The molecule has 0 spiro atoms. The van der Waals surface area contributed by atoms with Gasteiger partial charge in [0, 0.05) is 0 Å². The van der Waals surface area contributed by atoms with Crippen molar-refractivity contribution in [2.24, 2.45) is 0 Å². The molecule has 0 amide bonds. The van der Waals surface area contributed by atoms with Crippen molar-refractivity contribution in [3.63, 3.8) is 0 Å². The summed E-state index contributed by atoms with van der Waals surface area (Å²) in [5.41, 5.74) is 0. The van der Waals surface area contributed by atoms with E-state index in [0.29, 0.717) is 0 Å². The Morgan fingerprint density at radius 2 is 1.00 bits per heavy atom. The Balaban J connectivity index is -0.0000000450. The molecule has 3 N–H and O–H groups in total. The molecule has 0 saturated carbocycles. The average Bonchev–Trinajstić information content (AvgIpc) is 0.811. The van der Waals surface area contributed by atoms with E-state index in [2.05, 4.69) is 0 Å². The molecule has 24 valence electrons. The topological polar surface area (TPSA) is 60.7 Å². The molecule has 0 unspecified atom stereocenters. The van der Waals surface area contributed by atoms with Gasteiger partial charge < -0.3 is 15.1 Å². The van der Waals surface area contributed by atoms with E-state index in [1.54, 1.807) is 0 Å². The summed E-state index contributed by atoms with van der Waals surface area (Å²) in [7, 11) is -2.17. The van der Waals surface area contributed by atoms with E-state index in [1.165, 1.54) is 0 Å². The fraction of sp³-hybridized carbons (Fsp3) is 0. The van der Waals surface area contributed by atoms with Gasteiger partial charge in [-0.1, -0.05) is 0 Å². The average molecular weight is 80.8 g/mol. The van der Waals surface area contributed by atoms with Crippen LogP contribution in [0, 0.1) is 7.43 Å². The standard InChI is InChI=1S/C.BH3O3.Li/c;2-1(3)4;/h;2-4H;/q+4;;+1. The molecule has 0 aromatic rings. The van der Waals surface area contributed by atoms with Crippen LogP contribution in [0.15, 0.2) is 0 Å². The molecule has 0 saturated heterocycles.